The van der Waals surface area contributed by atoms with E-state index in [1.807, 2.05) is 25.1 Å². The highest BCUT2D eigenvalue weighted by molar-refractivity contribution is 7.89. The number of hydrogen-bond donors (Lipinski definition) is 1. The third-order valence-corrected chi connectivity index (χ3v) is 7.68. The number of hydrogen-bond acceptors (Lipinski definition) is 3. The van der Waals surface area contributed by atoms with Crippen molar-refractivity contribution in [3.05, 3.63) is 42.0 Å². The zero-order valence-corrected chi connectivity index (χ0v) is 15.6. The molecule has 2 atom stereocenters. The fourth-order valence-electron chi connectivity index (χ4n) is 4.79. The first-order chi connectivity index (χ1) is 11.9. The second kappa shape index (κ2) is 6.22. The normalized spacial score (nSPS) is 31.2. The van der Waals surface area contributed by atoms with E-state index in [2.05, 4.69) is 10.8 Å². The van der Waals surface area contributed by atoms with Crippen LogP contribution in [0.25, 0.3) is 0 Å². The second-order valence-electron chi connectivity index (χ2n) is 8.14. The smallest absolute Gasteiger partial charge is 0.241 e. The molecule has 0 amide bonds. The summed E-state index contributed by atoms with van der Waals surface area (Å²) in [5.41, 5.74) is 0.918. The van der Waals surface area contributed by atoms with E-state index in [4.69, 9.17) is 4.74 Å². The number of ether oxygens (including phenoxy) is 1. The van der Waals surface area contributed by atoms with E-state index in [-0.39, 0.29) is 11.5 Å². The van der Waals surface area contributed by atoms with E-state index in [1.54, 1.807) is 12.1 Å². The fourth-order valence-corrected chi connectivity index (χ4v) is 6.05. The van der Waals surface area contributed by atoms with Crippen molar-refractivity contribution < 1.29 is 13.2 Å². The molecule has 1 N–H and O–H groups in total. The van der Waals surface area contributed by atoms with Crippen molar-refractivity contribution in [2.24, 2.45) is 5.41 Å². The van der Waals surface area contributed by atoms with E-state index in [9.17, 15) is 8.42 Å². The van der Waals surface area contributed by atoms with Gasteiger partial charge < -0.3 is 4.74 Å². The predicted molar refractivity (Wildman–Crippen MR) is 97.9 cm³/mol. The van der Waals surface area contributed by atoms with Crippen LogP contribution in [0.2, 0.25) is 0 Å². The third kappa shape index (κ3) is 3.18. The number of rotatable bonds is 3. The molecule has 0 radical (unpaired) electrons. The van der Waals surface area contributed by atoms with E-state index in [0.29, 0.717) is 4.90 Å². The molecule has 4 nitrogen and oxygen atoms in total. The molecule has 25 heavy (non-hydrogen) atoms. The standard InChI is InChI=1S/C20H27NO3S/c1-16-7-9-17(10-8-16)25(22,23)21-18-6-5-13-20(18)14-19(15-24-20)11-3-2-4-12-19/h5-10,18,21H,2-4,11-15H2,1H3/t18-,20+/m0/s1. The maximum Gasteiger partial charge on any atom is 0.241 e. The first-order valence-electron chi connectivity index (χ1n) is 9.33. The molecule has 1 aromatic carbocycles. The molecule has 0 bridgehead atoms. The van der Waals surface area contributed by atoms with E-state index >= 15 is 0 Å². The molecule has 2 spiro atoms. The average Bonchev–Trinajstić information content (AvgIpc) is 3.13. The molecule has 2 aliphatic carbocycles. The van der Waals surface area contributed by atoms with Gasteiger partial charge in [-0.3, -0.25) is 0 Å². The number of benzene rings is 1. The SMILES string of the molecule is Cc1ccc(S(=O)(=O)N[C@H]2C=CC[C@@]23CC2(CCCCC2)CO3)cc1. The summed E-state index contributed by atoms with van der Waals surface area (Å²) in [6.45, 7) is 2.73. The first kappa shape index (κ1) is 17.3. The molecule has 136 valence electrons. The van der Waals surface area contributed by atoms with E-state index in [0.717, 1.165) is 25.0 Å². The summed E-state index contributed by atoms with van der Waals surface area (Å²) >= 11 is 0. The monoisotopic (exact) mass is 361 g/mol. The quantitative estimate of drug-likeness (QED) is 0.835. The van der Waals surface area contributed by atoms with E-state index < -0.39 is 15.6 Å². The average molecular weight is 362 g/mol. The van der Waals surface area contributed by atoms with Gasteiger partial charge in [0.25, 0.3) is 0 Å². The summed E-state index contributed by atoms with van der Waals surface area (Å²) in [6.07, 6.45) is 12.1. The molecule has 1 heterocycles. The Morgan fingerprint density at radius 2 is 1.84 bits per heavy atom. The molecule has 1 aliphatic heterocycles. The van der Waals surface area contributed by atoms with Crippen LogP contribution in [0.3, 0.4) is 0 Å². The number of nitrogens with one attached hydrogen (secondary N) is 1. The Bertz CT molecular complexity index is 763. The maximum absolute atomic E-state index is 12.8. The molecule has 1 saturated heterocycles. The molecule has 0 unspecified atom stereocenters. The minimum Gasteiger partial charge on any atom is -0.372 e. The topological polar surface area (TPSA) is 55.4 Å². The Morgan fingerprint density at radius 3 is 2.56 bits per heavy atom. The van der Waals surface area contributed by atoms with Crippen LogP contribution in [-0.4, -0.2) is 26.7 Å². The van der Waals surface area contributed by atoms with Gasteiger partial charge in [0.1, 0.15) is 0 Å². The molecule has 1 aromatic rings. The summed E-state index contributed by atoms with van der Waals surface area (Å²) in [5.74, 6) is 0. The molecule has 2 fully saturated rings. The first-order valence-corrected chi connectivity index (χ1v) is 10.8. The lowest BCUT2D eigenvalue weighted by molar-refractivity contribution is -0.00399. The van der Waals surface area contributed by atoms with Gasteiger partial charge in [-0.05, 0) is 50.2 Å². The second-order valence-corrected chi connectivity index (χ2v) is 9.85. The predicted octanol–water partition coefficient (Wildman–Crippen LogP) is 3.71. The van der Waals surface area contributed by atoms with Gasteiger partial charge in [0.05, 0.1) is 23.1 Å². The van der Waals surface area contributed by atoms with Crippen LogP contribution in [0, 0.1) is 12.3 Å². The highest BCUT2D eigenvalue weighted by Crippen LogP contribution is 2.52. The summed E-state index contributed by atoms with van der Waals surface area (Å²) < 4.78 is 34.8. The van der Waals surface area contributed by atoms with Crippen molar-refractivity contribution in [1.29, 1.82) is 0 Å². The van der Waals surface area contributed by atoms with Crippen LogP contribution in [0.1, 0.15) is 50.5 Å². The molecule has 5 heteroatoms. The molecular formula is C20H27NO3S. The molecule has 4 rings (SSSR count). The van der Waals surface area contributed by atoms with Gasteiger partial charge in [-0.15, -0.1) is 0 Å². The zero-order chi connectivity index (χ0) is 17.5. The highest BCUT2D eigenvalue weighted by Gasteiger charge is 2.54. The largest absolute Gasteiger partial charge is 0.372 e. The van der Waals surface area contributed by atoms with E-state index in [1.165, 1.54) is 32.1 Å². The van der Waals surface area contributed by atoms with Gasteiger partial charge in [0.15, 0.2) is 0 Å². The Labute approximate surface area is 150 Å². The highest BCUT2D eigenvalue weighted by atomic mass is 32.2. The molecule has 3 aliphatic rings. The van der Waals surface area contributed by atoms with Crippen molar-refractivity contribution in [2.75, 3.05) is 6.61 Å². The van der Waals surface area contributed by atoms with Crippen molar-refractivity contribution >= 4 is 10.0 Å². The van der Waals surface area contributed by atoms with Crippen molar-refractivity contribution in [3.63, 3.8) is 0 Å². The van der Waals surface area contributed by atoms with Gasteiger partial charge in [-0.25, -0.2) is 13.1 Å². The zero-order valence-electron chi connectivity index (χ0n) is 14.8. The minimum absolute atomic E-state index is 0.262. The van der Waals surface area contributed by atoms with Crippen molar-refractivity contribution in [2.45, 2.75) is 68.4 Å². The summed E-state index contributed by atoms with van der Waals surface area (Å²) in [7, 11) is -3.55. The van der Waals surface area contributed by atoms with Gasteiger partial charge >= 0.3 is 0 Å². The third-order valence-electron chi connectivity index (χ3n) is 6.23. The summed E-state index contributed by atoms with van der Waals surface area (Å²) in [5, 5.41) is 0. The Balaban J connectivity index is 1.54. The lowest BCUT2D eigenvalue weighted by atomic mass is 9.69. The van der Waals surface area contributed by atoms with Crippen molar-refractivity contribution in [3.8, 4) is 0 Å². The molecule has 0 aromatic heterocycles. The van der Waals surface area contributed by atoms with Crippen LogP contribution in [0.4, 0.5) is 0 Å². The Morgan fingerprint density at radius 1 is 1.12 bits per heavy atom. The van der Waals surface area contributed by atoms with Gasteiger partial charge in [0.2, 0.25) is 10.0 Å². The summed E-state index contributed by atoms with van der Waals surface area (Å²) in [6, 6.07) is 6.72. The van der Waals surface area contributed by atoms with Gasteiger partial charge in [-0.1, -0.05) is 49.1 Å². The lowest BCUT2D eigenvalue weighted by Crippen LogP contribution is -2.49. The number of sulfonamides is 1. The van der Waals surface area contributed by atoms with Crippen LogP contribution < -0.4 is 4.72 Å². The minimum atomic E-state index is -3.55. The Hall–Kier alpha value is -1.17. The van der Waals surface area contributed by atoms with Crippen LogP contribution in [0.5, 0.6) is 0 Å². The van der Waals surface area contributed by atoms with Crippen LogP contribution in [0.15, 0.2) is 41.3 Å². The maximum atomic E-state index is 12.8. The van der Waals surface area contributed by atoms with Gasteiger partial charge in [0, 0.05) is 0 Å². The summed E-state index contributed by atoms with van der Waals surface area (Å²) in [4.78, 5) is 0.318. The van der Waals surface area contributed by atoms with Crippen LogP contribution >= 0.6 is 0 Å². The molecule has 1 saturated carbocycles. The fraction of sp³-hybridized carbons (Fsp3) is 0.600. The van der Waals surface area contributed by atoms with Crippen molar-refractivity contribution in [1.82, 2.24) is 4.72 Å². The lowest BCUT2D eigenvalue weighted by Gasteiger charge is -2.35. The van der Waals surface area contributed by atoms with Gasteiger partial charge in [-0.2, -0.15) is 0 Å². The number of aryl methyl sites for hydroxylation is 1. The Kier molecular flexibility index (Phi) is 4.29. The molecular weight excluding hydrogens is 334 g/mol. The van der Waals surface area contributed by atoms with Crippen LogP contribution in [-0.2, 0) is 14.8 Å².